The number of pyridine rings is 1. The molecule has 3 N–H and O–H groups in total. The molecule has 1 aliphatic rings. The summed E-state index contributed by atoms with van der Waals surface area (Å²) in [5, 5.41) is 9.19. The predicted octanol–water partition coefficient (Wildman–Crippen LogP) is 2.01. The van der Waals surface area contributed by atoms with Crippen LogP contribution >= 0.6 is 0 Å². The van der Waals surface area contributed by atoms with Gasteiger partial charge >= 0.3 is 13.1 Å². The molecule has 1 aromatic rings. The van der Waals surface area contributed by atoms with E-state index in [1.807, 2.05) is 27.7 Å². The van der Waals surface area contributed by atoms with Crippen molar-refractivity contribution < 1.29 is 19.2 Å². The molecule has 0 aromatic carbocycles. The summed E-state index contributed by atoms with van der Waals surface area (Å²) >= 11 is 0. The lowest BCUT2D eigenvalue weighted by Crippen LogP contribution is -2.41. The van der Waals surface area contributed by atoms with E-state index in [-0.39, 0.29) is 16.9 Å². The van der Waals surface area contributed by atoms with Crippen LogP contribution in [0.3, 0.4) is 0 Å². The highest BCUT2D eigenvalue weighted by Crippen LogP contribution is 2.37. The quantitative estimate of drug-likeness (QED) is 0.827. The van der Waals surface area contributed by atoms with Crippen LogP contribution in [0.2, 0.25) is 0 Å². The van der Waals surface area contributed by atoms with Crippen molar-refractivity contribution in [3.8, 4) is 0 Å². The van der Waals surface area contributed by atoms with Crippen LogP contribution in [0.15, 0.2) is 18.2 Å². The molecule has 2 rings (SSSR count). The number of hydrogen-bond donors (Lipinski definition) is 2. The van der Waals surface area contributed by atoms with Crippen LogP contribution in [0.4, 0.5) is 5.69 Å². The van der Waals surface area contributed by atoms with Crippen molar-refractivity contribution in [1.82, 2.24) is 4.98 Å². The Labute approximate surface area is 124 Å². The molecule has 0 saturated carbocycles. The molecule has 0 aliphatic carbocycles. The molecule has 21 heavy (non-hydrogen) atoms. The van der Waals surface area contributed by atoms with Gasteiger partial charge in [-0.05, 0) is 39.8 Å². The lowest BCUT2D eigenvalue weighted by molar-refractivity contribution is 0.00578. The van der Waals surface area contributed by atoms with E-state index in [1.165, 1.54) is 12.3 Å². The van der Waals surface area contributed by atoms with Gasteiger partial charge in [0.25, 0.3) is 0 Å². The Morgan fingerprint density at radius 3 is 2.43 bits per heavy atom. The Kier molecular flexibility index (Phi) is 3.82. The highest BCUT2D eigenvalue weighted by Gasteiger charge is 2.50. The molecule has 1 aromatic heterocycles. The molecule has 0 spiro atoms. The van der Waals surface area contributed by atoms with Gasteiger partial charge in [0.2, 0.25) is 0 Å². The number of nitrogen functional groups attached to an aromatic ring is 1. The lowest BCUT2D eigenvalue weighted by Gasteiger charge is -2.32. The molecule has 0 radical (unpaired) electrons. The van der Waals surface area contributed by atoms with Gasteiger partial charge in [-0.3, -0.25) is 4.98 Å². The summed E-state index contributed by atoms with van der Waals surface area (Å²) in [5.74, 6) is 0.527. The van der Waals surface area contributed by atoms with Crippen LogP contribution in [-0.2, 0) is 9.31 Å². The smallest absolute Gasteiger partial charge is 0.478 e. The number of anilines is 1. The van der Waals surface area contributed by atoms with E-state index < -0.39 is 24.3 Å². The Balaban J connectivity index is 2.24. The number of hydrogen-bond acceptors (Lipinski definition) is 5. The van der Waals surface area contributed by atoms with Crippen molar-refractivity contribution in [3.63, 3.8) is 0 Å². The normalized spacial score (nSPS) is 20.1. The van der Waals surface area contributed by atoms with Gasteiger partial charge < -0.3 is 20.1 Å². The van der Waals surface area contributed by atoms with Gasteiger partial charge in [0.15, 0.2) is 0 Å². The van der Waals surface area contributed by atoms with Gasteiger partial charge in [-0.2, -0.15) is 0 Å². The van der Waals surface area contributed by atoms with Crippen LogP contribution < -0.4 is 5.73 Å². The molecule has 0 amide bonds. The molecule has 112 valence electrons. The number of aromatic carboxylic acids is 1. The first-order valence-electron chi connectivity index (χ1n) is 6.66. The third-order valence-corrected chi connectivity index (χ3v) is 3.91. The molecular formula is C14H19BN2O4. The second-order valence-corrected chi connectivity index (χ2v) is 5.95. The first-order chi connectivity index (χ1) is 9.64. The molecule has 6 nitrogen and oxygen atoms in total. The van der Waals surface area contributed by atoms with Crippen LogP contribution in [0, 0.1) is 0 Å². The maximum absolute atomic E-state index is 11.2. The maximum atomic E-state index is 11.2. The number of carboxylic acids is 1. The van der Waals surface area contributed by atoms with Crippen molar-refractivity contribution >= 4 is 24.9 Å². The van der Waals surface area contributed by atoms with Gasteiger partial charge in [-0.1, -0.05) is 5.98 Å². The monoisotopic (exact) mass is 290 g/mol. The summed E-state index contributed by atoms with van der Waals surface area (Å²) < 4.78 is 11.6. The fraction of sp³-hybridized carbons (Fsp3) is 0.429. The third-order valence-electron chi connectivity index (χ3n) is 3.91. The molecular weight excluding hydrogens is 271 g/mol. The highest BCUT2D eigenvalue weighted by molar-refractivity contribution is 6.52. The summed E-state index contributed by atoms with van der Waals surface area (Å²) in [4.78, 5) is 15.3. The second kappa shape index (κ2) is 5.16. The van der Waals surface area contributed by atoms with E-state index in [2.05, 4.69) is 4.98 Å². The van der Waals surface area contributed by atoms with Crippen molar-refractivity contribution in [1.29, 1.82) is 0 Å². The largest absolute Gasteiger partial charge is 0.487 e. The summed E-state index contributed by atoms with van der Waals surface area (Å²) in [7, 11) is -0.556. The number of rotatable bonds is 3. The average Bonchev–Trinajstić information content (AvgIpc) is 2.54. The zero-order valence-electron chi connectivity index (χ0n) is 12.6. The first-order valence-corrected chi connectivity index (χ1v) is 6.66. The number of carboxylic acid groups (broad SMARTS) is 1. The second-order valence-electron chi connectivity index (χ2n) is 5.95. The Bertz CT molecular complexity index is 583. The first kappa shape index (κ1) is 15.5. The number of nitrogens with zero attached hydrogens (tertiary/aromatic N) is 1. The summed E-state index contributed by atoms with van der Waals surface area (Å²) in [5.41, 5.74) is 5.21. The van der Waals surface area contributed by atoms with Gasteiger partial charge in [0, 0.05) is 11.9 Å². The molecule has 1 saturated heterocycles. The summed E-state index contributed by atoms with van der Waals surface area (Å²) in [6, 6.07) is 1.45. The fourth-order valence-electron chi connectivity index (χ4n) is 1.99. The van der Waals surface area contributed by atoms with Crippen molar-refractivity contribution in [2.24, 2.45) is 0 Å². The average molecular weight is 290 g/mol. The Hall–Kier alpha value is -1.86. The van der Waals surface area contributed by atoms with Gasteiger partial charge in [-0.25, -0.2) is 4.79 Å². The van der Waals surface area contributed by atoms with E-state index in [9.17, 15) is 9.90 Å². The Morgan fingerprint density at radius 2 is 1.90 bits per heavy atom. The van der Waals surface area contributed by atoms with Crippen molar-refractivity contribution in [2.75, 3.05) is 5.73 Å². The van der Waals surface area contributed by atoms with Crippen molar-refractivity contribution in [3.05, 3.63) is 29.5 Å². The minimum absolute atomic E-state index is 0.0229. The van der Waals surface area contributed by atoms with Gasteiger partial charge in [0.1, 0.15) is 5.56 Å². The molecule has 1 aliphatic heterocycles. The highest BCUT2D eigenvalue weighted by atomic mass is 16.7. The van der Waals surface area contributed by atoms with Gasteiger partial charge in [0.05, 0.1) is 16.9 Å². The third kappa shape index (κ3) is 2.93. The molecule has 0 atom stereocenters. The number of carbonyl (C=O) groups is 1. The van der Waals surface area contributed by atoms with Crippen LogP contribution in [0.25, 0.3) is 6.08 Å². The van der Waals surface area contributed by atoms with Crippen molar-refractivity contribution in [2.45, 2.75) is 38.9 Å². The zero-order valence-corrected chi connectivity index (χ0v) is 12.6. The summed E-state index contributed by atoms with van der Waals surface area (Å²) in [6.45, 7) is 7.79. The Morgan fingerprint density at radius 1 is 1.33 bits per heavy atom. The molecule has 0 unspecified atom stereocenters. The predicted molar refractivity (Wildman–Crippen MR) is 80.7 cm³/mol. The van der Waals surface area contributed by atoms with Gasteiger partial charge in [-0.15, -0.1) is 0 Å². The maximum Gasteiger partial charge on any atom is 0.487 e. The minimum Gasteiger partial charge on any atom is -0.478 e. The lowest BCUT2D eigenvalue weighted by atomic mass is 9.89. The fourth-order valence-corrected chi connectivity index (χ4v) is 1.99. The van der Waals surface area contributed by atoms with E-state index in [4.69, 9.17) is 15.0 Å². The number of nitrogens with two attached hydrogens (primary N) is 1. The molecule has 7 heteroatoms. The van der Waals surface area contributed by atoms with E-state index in [0.29, 0.717) is 0 Å². The molecule has 2 heterocycles. The van der Waals surface area contributed by atoms with Crippen LogP contribution in [-0.4, -0.2) is 34.4 Å². The summed E-state index contributed by atoms with van der Waals surface area (Å²) in [6.07, 6.45) is 3.02. The number of aromatic nitrogens is 1. The molecule has 0 bridgehead atoms. The molecule has 1 fully saturated rings. The minimum atomic E-state index is -1.12. The van der Waals surface area contributed by atoms with E-state index in [0.717, 1.165) is 0 Å². The SMILES string of the molecule is CC1(C)OB(/C=C/c2nccc(N)c2C(=O)O)OC1(C)C. The van der Waals surface area contributed by atoms with Crippen LogP contribution in [0.1, 0.15) is 43.7 Å². The van der Waals surface area contributed by atoms with E-state index >= 15 is 0 Å². The zero-order chi connectivity index (χ0) is 15.8. The van der Waals surface area contributed by atoms with Crippen LogP contribution in [0.5, 0.6) is 0 Å². The topological polar surface area (TPSA) is 94.7 Å². The standard InChI is InChI=1S/C14H19BN2O4/c1-13(2)14(3,4)21-15(20-13)7-5-10-11(12(18)19)9(16)6-8-17-10/h5-8H,1-4H3,(H2,16,17)(H,18,19)/b7-5+. The van der Waals surface area contributed by atoms with E-state index in [1.54, 1.807) is 12.1 Å².